The molecule has 116 valence electrons. The lowest BCUT2D eigenvalue weighted by molar-refractivity contribution is 0.634. The summed E-state index contributed by atoms with van der Waals surface area (Å²) in [5, 5.41) is 5.50. The van der Waals surface area contributed by atoms with Gasteiger partial charge in [-0.1, -0.05) is 11.6 Å². The molecule has 0 aliphatic carbocycles. The van der Waals surface area contributed by atoms with Crippen molar-refractivity contribution in [2.24, 2.45) is 0 Å². The maximum atomic E-state index is 6.22. The van der Waals surface area contributed by atoms with Crippen LogP contribution in [0.2, 0.25) is 5.02 Å². The number of pyridine rings is 1. The van der Waals surface area contributed by atoms with Gasteiger partial charge in [-0.25, -0.2) is 0 Å². The van der Waals surface area contributed by atoms with Gasteiger partial charge in [0.2, 0.25) is 0 Å². The fourth-order valence-electron chi connectivity index (χ4n) is 3.33. The summed E-state index contributed by atoms with van der Waals surface area (Å²) in [5.74, 6) is 0. The van der Waals surface area contributed by atoms with E-state index in [1.54, 1.807) is 0 Å². The van der Waals surface area contributed by atoms with Crippen LogP contribution in [0, 0.1) is 0 Å². The zero-order valence-corrected chi connectivity index (χ0v) is 13.8. The SMILES string of the molecule is C/C(=C\n1c2c(c3cc(Cl)ccc31)CNCC2)c1ccncc1. The molecule has 0 saturated heterocycles. The summed E-state index contributed by atoms with van der Waals surface area (Å²) in [6.07, 6.45) is 6.93. The Bertz CT molecular complexity index is 894. The highest BCUT2D eigenvalue weighted by Gasteiger charge is 2.19. The monoisotopic (exact) mass is 323 g/mol. The lowest BCUT2D eigenvalue weighted by Gasteiger charge is -2.15. The number of nitrogens with one attached hydrogen (secondary N) is 1. The molecular formula is C19H18ClN3. The number of hydrogen-bond acceptors (Lipinski definition) is 2. The number of benzene rings is 1. The molecule has 3 aromatic rings. The minimum atomic E-state index is 0.790. The van der Waals surface area contributed by atoms with E-state index in [-0.39, 0.29) is 0 Å². The maximum Gasteiger partial charge on any atom is 0.0529 e. The normalized spacial score (nSPS) is 15.0. The molecule has 3 heterocycles. The Morgan fingerprint density at radius 3 is 2.91 bits per heavy atom. The molecule has 0 spiro atoms. The van der Waals surface area contributed by atoms with Crippen molar-refractivity contribution in [3.05, 3.63) is 64.6 Å². The molecule has 0 atom stereocenters. The molecule has 0 unspecified atom stereocenters. The predicted molar refractivity (Wildman–Crippen MR) is 96.4 cm³/mol. The smallest absolute Gasteiger partial charge is 0.0529 e. The van der Waals surface area contributed by atoms with Crippen molar-refractivity contribution in [2.45, 2.75) is 19.9 Å². The highest BCUT2D eigenvalue weighted by molar-refractivity contribution is 6.31. The summed E-state index contributed by atoms with van der Waals surface area (Å²) in [6, 6.07) is 10.3. The van der Waals surface area contributed by atoms with Crippen LogP contribution in [-0.4, -0.2) is 16.1 Å². The van der Waals surface area contributed by atoms with E-state index in [0.717, 1.165) is 24.5 Å². The van der Waals surface area contributed by atoms with Gasteiger partial charge < -0.3 is 9.88 Å². The molecule has 23 heavy (non-hydrogen) atoms. The highest BCUT2D eigenvalue weighted by atomic mass is 35.5. The molecular weight excluding hydrogens is 306 g/mol. The minimum Gasteiger partial charge on any atom is -0.320 e. The average Bonchev–Trinajstić information content (AvgIpc) is 2.89. The van der Waals surface area contributed by atoms with Gasteiger partial charge >= 0.3 is 0 Å². The van der Waals surface area contributed by atoms with Gasteiger partial charge in [0.1, 0.15) is 0 Å². The summed E-state index contributed by atoms with van der Waals surface area (Å²) in [4.78, 5) is 4.10. The molecule has 0 amide bonds. The highest BCUT2D eigenvalue weighted by Crippen LogP contribution is 2.32. The van der Waals surface area contributed by atoms with E-state index >= 15 is 0 Å². The predicted octanol–water partition coefficient (Wildman–Crippen LogP) is 4.35. The van der Waals surface area contributed by atoms with Crippen molar-refractivity contribution in [2.75, 3.05) is 6.54 Å². The maximum absolute atomic E-state index is 6.22. The fraction of sp³-hybridized carbons (Fsp3) is 0.211. The summed E-state index contributed by atoms with van der Waals surface area (Å²) in [7, 11) is 0. The quantitative estimate of drug-likeness (QED) is 0.759. The van der Waals surface area contributed by atoms with E-state index < -0.39 is 0 Å². The Hall–Kier alpha value is -2.10. The first-order valence-electron chi connectivity index (χ1n) is 7.85. The molecule has 0 saturated carbocycles. The second kappa shape index (κ2) is 5.84. The van der Waals surface area contributed by atoms with Gasteiger partial charge in [-0.3, -0.25) is 4.98 Å². The molecule has 0 bridgehead atoms. The number of hydrogen-bond donors (Lipinski definition) is 1. The van der Waals surface area contributed by atoms with Gasteiger partial charge in [-0.15, -0.1) is 0 Å². The fourth-order valence-corrected chi connectivity index (χ4v) is 3.50. The van der Waals surface area contributed by atoms with E-state index in [2.05, 4.69) is 40.1 Å². The third kappa shape index (κ3) is 2.56. The zero-order chi connectivity index (χ0) is 15.8. The molecule has 1 aromatic carbocycles. The van der Waals surface area contributed by atoms with Gasteiger partial charge in [0.05, 0.1) is 5.52 Å². The first kappa shape index (κ1) is 14.5. The van der Waals surface area contributed by atoms with Gasteiger partial charge in [-0.2, -0.15) is 0 Å². The van der Waals surface area contributed by atoms with Crippen molar-refractivity contribution in [1.82, 2.24) is 14.9 Å². The van der Waals surface area contributed by atoms with E-state index in [4.69, 9.17) is 11.6 Å². The molecule has 1 aliphatic heterocycles. The van der Waals surface area contributed by atoms with Gasteiger partial charge in [0.15, 0.2) is 0 Å². The Morgan fingerprint density at radius 1 is 1.26 bits per heavy atom. The average molecular weight is 324 g/mol. The third-order valence-electron chi connectivity index (χ3n) is 4.48. The molecule has 3 nitrogen and oxygen atoms in total. The molecule has 2 aromatic heterocycles. The number of halogens is 1. The molecule has 4 rings (SSSR count). The summed E-state index contributed by atoms with van der Waals surface area (Å²) in [5.41, 5.74) is 6.39. The molecule has 1 aliphatic rings. The van der Waals surface area contributed by atoms with Crippen LogP contribution in [0.25, 0.3) is 22.7 Å². The number of fused-ring (bicyclic) bond motifs is 3. The van der Waals surface area contributed by atoms with Crippen molar-refractivity contribution < 1.29 is 0 Å². The number of rotatable bonds is 2. The minimum absolute atomic E-state index is 0.790. The Balaban J connectivity index is 1.93. The van der Waals surface area contributed by atoms with E-state index in [9.17, 15) is 0 Å². The van der Waals surface area contributed by atoms with Gasteiger partial charge in [0, 0.05) is 54.2 Å². The molecule has 1 N–H and O–H groups in total. The summed E-state index contributed by atoms with van der Waals surface area (Å²) < 4.78 is 2.33. The van der Waals surface area contributed by atoms with Crippen LogP contribution in [-0.2, 0) is 13.0 Å². The van der Waals surface area contributed by atoms with Crippen molar-refractivity contribution in [1.29, 1.82) is 0 Å². The first-order valence-corrected chi connectivity index (χ1v) is 8.22. The van der Waals surface area contributed by atoms with Crippen molar-refractivity contribution >= 4 is 34.3 Å². The van der Waals surface area contributed by atoms with Gasteiger partial charge in [0.25, 0.3) is 0 Å². The molecule has 0 fully saturated rings. The Kier molecular flexibility index (Phi) is 3.68. The van der Waals surface area contributed by atoms with Crippen LogP contribution in [0.3, 0.4) is 0 Å². The second-order valence-electron chi connectivity index (χ2n) is 5.93. The molecule has 4 heteroatoms. The Morgan fingerprint density at radius 2 is 2.09 bits per heavy atom. The topological polar surface area (TPSA) is 29.9 Å². The lowest BCUT2D eigenvalue weighted by atomic mass is 10.1. The first-order chi connectivity index (χ1) is 11.2. The van der Waals surface area contributed by atoms with Crippen LogP contribution in [0.4, 0.5) is 0 Å². The number of allylic oxidation sites excluding steroid dienone is 1. The van der Waals surface area contributed by atoms with Crippen LogP contribution in [0.5, 0.6) is 0 Å². The van der Waals surface area contributed by atoms with Crippen LogP contribution in [0.1, 0.15) is 23.7 Å². The van der Waals surface area contributed by atoms with E-state index in [1.807, 2.05) is 30.6 Å². The number of nitrogens with zero attached hydrogens (tertiary/aromatic N) is 2. The second-order valence-corrected chi connectivity index (χ2v) is 6.37. The van der Waals surface area contributed by atoms with Crippen molar-refractivity contribution in [3.63, 3.8) is 0 Å². The van der Waals surface area contributed by atoms with Crippen molar-refractivity contribution in [3.8, 4) is 0 Å². The van der Waals surface area contributed by atoms with Crippen LogP contribution in [0.15, 0.2) is 42.7 Å². The summed E-state index contributed by atoms with van der Waals surface area (Å²) >= 11 is 6.22. The van der Waals surface area contributed by atoms with E-state index in [1.165, 1.54) is 33.3 Å². The third-order valence-corrected chi connectivity index (χ3v) is 4.72. The largest absolute Gasteiger partial charge is 0.320 e. The molecule has 0 radical (unpaired) electrons. The summed E-state index contributed by atoms with van der Waals surface area (Å²) in [6.45, 7) is 4.06. The van der Waals surface area contributed by atoms with E-state index in [0.29, 0.717) is 0 Å². The standard InChI is InChI=1S/C19H18ClN3/c1-13(14-4-7-21-8-5-14)12-23-18-3-2-15(20)10-16(18)17-11-22-9-6-19(17)23/h2-5,7-8,10,12,22H,6,9,11H2,1H3/b13-12+. The Labute approximate surface area is 140 Å². The van der Waals surface area contributed by atoms with Gasteiger partial charge in [-0.05, 0) is 54.0 Å². The lowest BCUT2D eigenvalue weighted by Crippen LogP contribution is -2.24. The zero-order valence-electron chi connectivity index (χ0n) is 13.0. The van der Waals surface area contributed by atoms with Crippen LogP contribution < -0.4 is 5.32 Å². The van der Waals surface area contributed by atoms with Crippen LogP contribution >= 0.6 is 11.6 Å². The number of aromatic nitrogens is 2.